The molecule has 1 aliphatic heterocycles. The molecule has 0 fully saturated rings. The lowest BCUT2D eigenvalue weighted by Crippen LogP contribution is -2.28. The van der Waals surface area contributed by atoms with Gasteiger partial charge in [-0.1, -0.05) is 72.8 Å². The van der Waals surface area contributed by atoms with Gasteiger partial charge in [-0.15, -0.1) is 0 Å². The quantitative estimate of drug-likeness (QED) is 0.368. The summed E-state index contributed by atoms with van der Waals surface area (Å²) in [5.41, 5.74) is 8.30. The molecule has 1 atom stereocenters. The van der Waals surface area contributed by atoms with Crippen molar-refractivity contribution in [1.82, 2.24) is 10.7 Å². The van der Waals surface area contributed by atoms with Crippen molar-refractivity contribution in [2.24, 2.45) is 10.2 Å². The first-order chi connectivity index (χ1) is 14.7. The van der Waals surface area contributed by atoms with Gasteiger partial charge in [-0.25, -0.2) is 0 Å². The third-order valence-corrected chi connectivity index (χ3v) is 5.26. The van der Waals surface area contributed by atoms with Crippen LogP contribution in [0.2, 0.25) is 0 Å². The van der Waals surface area contributed by atoms with Gasteiger partial charge >= 0.3 is 0 Å². The minimum atomic E-state index is 0.163. The van der Waals surface area contributed by atoms with Gasteiger partial charge in [-0.05, 0) is 41.0 Å². The van der Waals surface area contributed by atoms with Crippen molar-refractivity contribution in [1.29, 1.82) is 0 Å². The summed E-state index contributed by atoms with van der Waals surface area (Å²) in [5, 5.41) is 14.5. The fraction of sp³-hybridized carbons (Fsp3) is 0.125. The average Bonchev–Trinajstić information content (AvgIpc) is 3.26. The number of benzene rings is 3. The number of hydrogen-bond donors (Lipinski definition) is 2. The Morgan fingerprint density at radius 1 is 1.00 bits per heavy atom. The summed E-state index contributed by atoms with van der Waals surface area (Å²) < 4.78 is 0. The van der Waals surface area contributed by atoms with Crippen LogP contribution in [-0.2, 0) is 0 Å². The van der Waals surface area contributed by atoms with Crippen molar-refractivity contribution < 1.29 is 0 Å². The Labute approximate surface area is 182 Å². The van der Waals surface area contributed by atoms with Gasteiger partial charge in [0, 0.05) is 13.5 Å². The van der Waals surface area contributed by atoms with Crippen LogP contribution < -0.4 is 15.8 Å². The molecule has 4 rings (SSSR count). The fourth-order valence-electron chi connectivity index (χ4n) is 3.42. The van der Waals surface area contributed by atoms with Crippen molar-refractivity contribution in [2.45, 2.75) is 12.5 Å². The summed E-state index contributed by atoms with van der Waals surface area (Å²) in [4.78, 5) is 0. The van der Waals surface area contributed by atoms with E-state index in [2.05, 4.69) is 81.5 Å². The normalized spacial score (nSPS) is 15.8. The molecule has 0 saturated heterocycles. The summed E-state index contributed by atoms with van der Waals surface area (Å²) in [6, 6.07) is 29.3. The molecule has 0 radical (unpaired) electrons. The molecule has 3 aromatic rings. The number of thiocarbonyl (C=S) groups is 1. The van der Waals surface area contributed by atoms with Crippen LogP contribution in [0.5, 0.6) is 0 Å². The smallest absolute Gasteiger partial charge is 0.186 e. The molecule has 30 heavy (non-hydrogen) atoms. The number of nitrogens with zero attached hydrogens (tertiary/aromatic N) is 3. The molecule has 5 nitrogen and oxygen atoms in total. The zero-order chi connectivity index (χ0) is 20.8. The van der Waals surface area contributed by atoms with E-state index in [-0.39, 0.29) is 6.04 Å². The van der Waals surface area contributed by atoms with E-state index in [9.17, 15) is 0 Å². The molecule has 150 valence electrons. The van der Waals surface area contributed by atoms with E-state index in [1.807, 2.05) is 24.3 Å². The molecule has 1 aliphatic rings. The van der Waals surface area contributed by atoms with Crippen LogP contribution in [0.25, 0.3) is 0 Å². The van der Waals surface area contributed by atoms with Crippen molar-refractivity contribution in [3.8, 4) is 0 Å². The third-order valence-electron chi connectivity index (χ3n) is 4.97. The molecule has 0 saturated carbocycles. The Kier molecular flexibility index (Phi) is 6.15. The average molecular weight is 414 g/mol. The van der Waals surface area contributed by atoms with Crippen LogP contribution in [0.1, 0.15) is 29.2 Å². The van der Waals surface area contributed by atoms with E-state index >= 15 is 0 Å². The van der Waals surface area contributed by atoms with E-state index in [4.69, 9.17) is 17.3 Å². The van der Waals surface area contributed by atoms with E-state index < -0.39 is 0 Å². The van der Waals surface area contributed by atoms with Crippen LogP contribution in [-0.4, -0.2) is 24.1 Å². The lowest BCUT2D eigenvalue weighted by atomic mass is 9.98. The van der Waals surface area contributed by atoms with Gasteiger partial charge in [-0.3, -0.25) is 10.4 Å². The molecule has 2 N–H and O–H groups in total. The second kappa shape index (κ2) is 9.33. The van der Waals surface area contributed by atoms with Crippen molar-refractivity contribution >= 4 is 34.9 Å². The Morgan fingerprint density at radius 3 is 2.33 bits per heavy atom. The highest BCUT2D eigenvalue weighted by Gasteiger charge is 2.29. The topological polar surface area (TPSA) is 52.0 Å². The number of nitrogens with one attached hydrogen (secondary N) is 2. The van der Waals surface area contributed by atoms with E-state index in [0.717, 1.165) is 28.9 Å². The van der Waals surface area contributed by atoms with E-state index in [0.29, 0.717) is 5.11 Å². The third kappa shape index (κ3) is 4.55. The Morgan fingerprint density at radius 2 is 1.67 bits per heavy atom. The second-order valence-electron chi connectivity index (χ2n) is 6.93. The SMILES string of the molecule is CNC(=S)NN=Cc1ccc(N2N=C(c3ccccc3)CC2c2ccccc2)cc1. The predicted molar refractivity (Wildman–Crippen MR) is 128 cm³/mol. The van der Waals surface area contributed by atoms with Gasteiger partial charge < -0.3 is 5.32 Å². The minimum absolute atomic E-state index is 0.163. The highest BCUT2D eigenvalue weighted by molar-refractivity contribution is 7.80. The highest BCUT2D eigenvalue weighted by atomic mass is 32.1. The molecular formula is C24H23N5S. The van der Waals surface area contributed by atoms with E-state index in [1.165, 1.54) is 5.56 Å². The Balaban J connectivity index is 1.60. The Hall–Kier alpha value is -3.51. The number of rotatable bonds is 5. The maximum atomic E-state index is 5.02. The molecule has 6 heteroatoms. The van der Waals surface area contributed by atoms with Crippen LogP contribution in [0.4, 0.5) is 5.69 Å². The predicted octanol–water partition coefficient (Wildman–Crippen LogP) is 4.47. The molecule has 1 heterocycles. The maximum absolute atomic E-state index is 5.02. The number of hydrogen-bond acceptors (Lipinski definition) is 4. The molecular weight excluding hydrogens is 390 g/mol. The van der Waals surface area contributed by atoms with E-state index in [1.54, 1.807) is 13.3 Å². The van der Waals surface area contributed by atoms with Gasteiger partial charge in [0.25, 0.3) is 0 Å². The monoisotopic (exact) mass is 413 g/mol. The molecule has 0 aromatic heterocycles. The standard InChI is InChI=1S/C24H23N5S/c1-25-24(30)27-26-17-18-12-14-21(15-13-18)29-23(20-10-6-3-7-11-20)16-22(28-29)19-8-4-2-5-9-19/h2-15,17,23H,16H2,1H3,(H2,25,27,30). The lowest BCUT2D eigenvalue weighted by molar-refractivity contribution is 0.709. The van der Waals surface area contributed by atoms with Gasteiger partial charge in [0.05, 0.1) is 23.7 Å². The molecule has 0 aliphatic carbocycles. The summed E-state index contributed by atoms with van der Waals surface area (Å²) >= 11 is 5.02. The van der Waals surface area contributed by atoms with Crippen molar-refractivity contribution in [3.63, 3.8) is 0 Å². The molecule has 0 amide bonds. The van der Waals surface area contributed by atoms with Gasteiger partial charge in [0.15, 0.2) is 5.11 Å². The fourth-order valence-corrected chi connectivity index (χ4v) is 3.48. The minimum Gasteiger partial charge on any atom is -0.364 e. The van der Waals surface area contributed by atoms with Crippen LogP contribution in [0.15, 0.2) is 95.1 Å². The summed E-state index contributed by atoms with van der Waals surface area (Å²) in [7, 11) is 1.75. The molecule has 1 unspecified atom stereocenters. The van der Waals surface area contributed by atoms with Crippen molar-refractivity contribution in [3.05, 3.63) is 102 Å². The van der Waals surface area contributed by atoms with Crippen LogP contribution >= 0.6 is 12.2 Å². The lowest BCUT2D eigenvalue weighted by Gasteiger charge is -2.24. The van der Waals surface area contributed by atoms with Crippen LogP contribution in [0, 0.1) is 0 Å². The largest absolute Gasteiger partial charge is 0.364 e. The highest BCUT2D eigenvalue weighted by Crippen LogP contribution is 2.36. The molecule has 0 spiro atoms. The number of anilines is 1. The molecule has 0 bridgehead atoms. The maximum Gasteiger partial charge on any atom is 0.186 e. The Bertz CT molecular complexity index is 1050. The summed E-state index contributed by atoms with van der Waals surface area (Å²) in [6.45, 7) is 0. The van der Waals surface area contributed by atoms with Gasteiger partial charge in [-0.2, -0.15) is 10.2 Å². The van der Waals surface area contributed by atoms with Crippen molar-refractivity contribution in [2.75, 3.05) is 12.1 Å². The molecule has 3 aromatic carbocycles. The first-order valence-electron chi connectivity index (χ1n) is 9.82. The zero-order valence-corrected chi connectivity index (χ0v) is 17.5. The van der Waals surface area contributed by atoms with Gasteiger partial charge in [0.2, 0.25) is 0 Å². The summed E-state index contributed by atoms with van der Waals surface area (Å²) in [6.07, 6.45) is 2.60. The van der Waals surface area contributed by atoms with Gasteiger partial charge in [0.1, 0.15) is 0 Å². The second-order valence-corrected chi connectivity index (χ2v) is 7.34. The van der Waals surface area contributed by atoms with Crippen LogP contribution in [0.3, 0.4) is 0 Å². The number of hydrazone groups is 2. The summed E-state index contributed by atoms with van der Waals surface area (Å²) in [5.74, 6) is 0. The zero-order valence-electron chi connectivity index (χ0n) is 16.7. The first-order valence-corrected chi connectivity index (χ1v) is 10.2. The first kappa shape index (κ1) is 19.8.